The van der Waals surface area contributed by atoms with E-state index in [-0.39, 0.29) is 18.9 Å². The summed E-state index contributed by atoms with van der Waals surface area (Å²) in [6, 6.07) is 10.7. The summed E-state index contributed by atoms with van der Waals surface area (Å²) in [6.45, 7) is 2.13. The van der Waals surface area contributed by atoms with E-state index in [1.54, 1.807) is 13.0 Å². The summed E-state index contributed by atoms with van der Waals surface area (Å²) in [5.41, 5.74) is 0.328. The molecule has 4 N–H and O–H groups in total. The molecule has 2 saturated heterocycles. The summed E-state index contributed by atoms with van der Waals surface area (Å²) >= 11 is 0. The van der Waals surface area contributed by atoms with Crippen molar-refractivity contribution in [3.05, 3.63) is 64.7 Å². The molecule has 35 heavy (non-hydrogen) atoms. The Morgan fingerprint density at radius 3 is 2.63 bits per heavy atom. The first kappa shape index (κ1) is 24.5. The number of carboxylic acid groups (broad SMARTS) is 1. The van der Waals surface area contributed by atoms with Gasteiger partial charge in [0.2, 0.25) is 0 Å². The van der Waals surface area contributed by atoms with E-state index in [9.17, 15) is 14.4 Å². The van der Waals surface area contributed by atoms with Gasteiger partial charge in [0, 0.05) is 19.3 Å². The molecule has 0 spiro atoms. The zero-order valence-corrected chi connectivity index (χ0v) is 19.0. The van der Waals surface area contributed by atoms with Crippen LogP contribution in [0, 0.1) is 0 Å². The Morgan fingerprint density at radius 2 is 1.91 bits per heavy atom. The predicted octanol–water partition coefficient (Wildman–Crippen LogP) is 0.780. The number of urea groups is 1. The van der Waals surface area contributed by atoms with Crippen molar-refractivity contribution in [1.29, 1.82) is 0 Å². The summed E-state index contributed by atoms with van der Waals surface area (Å²) in [7, 11) is 0. The van der Waals surface area contributed by atoms with E-state index in [1.807, 2.05) is 36.4 Å². The van der Waals surface area contributed by atoms with Crippen molar-refractivity contribution in [2.45, 2.75) is 37.8 Å². The number of anilines is 1. The first-order chi connectivity index (χ1) is 16.9. The minimum Gasteiger partial charge on any atom is -0.480 e. The van der Waals surface area contributed by atoms with E-state index in [1.165, 1.54) is 16.8 Å². The van der Waals surface area contributed by atoms with Gasteiger partial charge in [-0.25, -0.2) is 9.59 Å². The molecule has 2 unspecified atom stereocenters. The highest BCUT2D eigenvalue weighted by molar-refractivity contribution is 5.87. The van der Waals surface area contributed by atoms with E-state index in [0.29, 0.717) is 6.54 Å². The summed E-state index contributed by atoms with van der Waals surface area (Å²) in [6.07, 6.45) is 1.81. The normalized spacial score (nSPS) is 25.5. The van der Waals surface area contributed by atoms with Crippen molar-refractivity contribution in [3.8, 4) is 0 Å². The number of aromatic nitrogens is 2. The number of fused-ring (bicyclic) bond motifs is 1. The zero-order valence-electron chi connectivity index (χ0n) is 19.0. The number of carbonyl (C=O) groups excluding carboxylic acids is 1. The third-order valence-corrected chi connectivity index (χ3v) is 5.42. The number of carboxylic acids is 1. The fourth-order valence-electron chi connectivity index (χ4n) is 3.91. The van der Waals surface area contributed by atoms with Gasteiger partial charge in [-0.2, -0.15) is 4.98 Å². The molecule has 2 aromatic rings. The van der Waals surface area contributed by atoms with Gasteiger partial charge in [-0.05, 0) is 24.6 Å². The number of carbonyl (C=O) groups is 2. The van der Waals surface area contributed by atoms with Crippen LogP contribution in [0.15, 0.2) is 53.5 Å². The topological polar surface area (TPSA) is 153 Å². The molecular formula is C23H27N5O7. The third-order valence-electron chi connectivity index (χ3n) is 5.42. The average Bonchev–Trinajstić information content (AvgIpc) is 3.38. The first-order valence-corrected chi connectivity index (χ1v) is 11.2. The lowest BCUT2D eigenvalue weighted by Gasteiger charge is -2.21. The number of ether oxygens (including phenoxy) is 3. The van der Waals surface area contributed by atoms with E-state index >= 15 is 0 Å². The molecule has 4 rings (SSSR count). The van der Waals surface area contributed by atoms with E-state index in [2.05, 4.69) is 20.9 Å². The molecule has 12 nitrogen and oxygen atoms in total. The molecule has 2 amide bonds. The molecule has 12 heteroatoms. The Morgan fingerprint density at radius 1 is 1.14 bits per heavy atom. The van der Waals surface area contributed by atoms with Crippen LogP contribution in [0.25, 0.3) is 6.08 Å². The monoisotopic (exact) mass is 485 g/mol. The molecule has 0 radical (unpaired) electrons. The maximum atomic E-state index is 12.8. The predicted molar refractivity (Wildman–Crippen MR) is 125 cm³/mol. The average molecular weight is 485 g/mol. The highest BCUT2D eigenvalue weighted by Gasteiger charge is 2.53. The lowest BCUT2D eigenvalue weighted by Crippen LogP contribution is -2.38. The van der Waals surface area contributed by atoms with Crippen LogP contribution < -0.4 is 21.6 Å². The number of hydrogen-bond acceptors (Lipinski definition) is 8. The molecule has 1 aromatic carbocycles. The zero-order chi connectivity index (χ0) is 24.8. The molecule has 0 saturated carbocycles. The number of aliphatic carboxylic acids is 1. The largest absolute Gasteiger partial charge is 0.480 e. The van der Waals surface area contributed by atoms with Gasteiger partial charge >= 0.3 is 17.7 Å². The van der Waals surface area contributed by atoms with Crippen LogP contribution in [0.2, 0.25) is 0 Å². The smallest absolute Gasteiger partial charge is 0.351 e. The standard InChI is InChI=1S/C23H27N5O7/c1-2-25-22(31)26-16-10-11-28(23(32)27-16)21-20-19(15(33-21)12-24-13-17(29)30)34-18(35-20)9-8-14-6-4-3-5-7-14/h3-11,15,18-21,24H,2,12-13H2,1H3,(H,29,30)(H2,25,26,27,31,32)/b9-8+/t15-,18+,19?,20?,21-/m1/s1. The summed E-state index contributed by atoms with van der Waals surface area (Å²) in [5.74, 6) is -0.905. The Kier molecular flexibility index (Phi) is 7.87. The Labute approximate surface area is 200 Å². The molecular weight excluding hydrogens is 458 g/mol. The summed E-state index contributed by atoms with van der Waals surface area (Å²) in [4.78, 5) is 39.3. The minimum atomic E-state index is -1.00. The van der Waals surface area contributed by atoms with E-state index in [4.69, 9.17) is 19.3 Å². The highest BCUT2D eigenvalue weighted by Crippen LogP contribution is 2.39. The molecule has 2 aliphatic heterocycles. The molecule has 2 fully saturated rings. The summed E-state index contributed by atoms with van der Waals surface area (Å²) in [5, 5.41) is 16.8. The van der Waals surface area contributed by atoms with Crippen LogP contribution in [-0.2, 0) is 19.0 Å². The molecule has 1 aromatic heterocycles. The number of hydrogen-bond donors (Lipinski definition) is 4. The van der Waals surface area contributed by atoms with Crippen molar-refractivity contribution >= 4 is 23.9 Å². The molecule has 0 aliphatic carbocycles. The second-order valence-corrected chi connectivity index (χ2v) is 7.92. The number of nitrogens with zero attached hydrogens (tertiary/aromatic N) is 2. The maximum absolute atomic E-state index is 12.8. The van der Waals surface area contributed by atoms with Crippen molar-refractivity contribution in [2.24, 2.45) is 0 Å². The number of amides is 2. The van der Waals surface area contributed by atoms with Crippen LogP contribution in [0.5, 0.6) is 0 Å². The van der Waals surface area contributed by atoms with Crippen molar-refractivity contribution < 1.29 is 28.9 Å². The van der Waals surface area contributed by atoms with Crippen LogP contribution in [0.3, 0.4) is 0 Å². The molecule has 186 valence electrons. The quantitative estimate of drug-likeness (QED) is 0.404. The fraction of sp³-hybridized carbons (Fsp3) is 0.391. The first-order valence-electron chi connectivity index (χ1n) is 11.2. The van der Waals surface area contributed by atoms with Crippen LogP contribution in [-0.4, -0.2) is 70.9 Å². The number of nitrogens with one attached hydrogen (secondary N) is 3. The van der Waals surface area contributed by atoms with E-state index < -0.39 is 48.5 Å². The Hall–Kier alpha value is -3.58. The van der Waals surface area contributed by atoms with Gasteiger partial charge < -0.3 is 30.0 Å². The number of benzene rings is 1. The van der Waals surface area contributed by atoms with Crippen LogP contribution in [0.4, 0.5) is 10.6 Å². The second kappa shape index (κ2) is 11.2. The molecule has 5 atom stereocenters. The molecule has 0 bridgehead atoms. The van der Waals surface area contributed by atoms with Gasteiger partial charge in [0.05, 0.1) is 6.54 Å². The Balaban J connectivity index is 1.51. The van der Waals surface area contributed by atoms with Gasteiger partial charge in [-0.1, -0.05) is 36.4 Å². The number of rotatable bonds is 9. The van der Waals surface area contributed by atoms with Crippen LogP contribution >= 0.6 is 0 Å². The minimum absolute atomic E-state index is 0.0960. The summed E-state index contributed by atoms with van der Waals surface area (Å²) < 4.78 is 19.4. The Bertz CT molecular complexity index is 1120. The van der Waals surface area contributed by atoms with Crippen molar-refractivity contribution in [1.82, 2.24) is 20.2 Å². The van der Waals surface area contributed by atoms with Gasteiger partial charge in [0.1, 0.15) is 24.1 Å². The molecule has 2 aliphatic rings. The second-order valence-electron chi connectivity index (χ2n) is 7.92. The van der Waals surface area contributed by atoms with Gasteiger partial charge in [-0.15, -0.1) is 0 Å². The van der Waals surface area contributed by atoms with Crippen molar-refractivity contribution in [3.63, 3.8) is 0 Å². The van der Waals surface area contributed by atoms with Crippen LogP contribution in [0.1, 0.15) is 18.7 Å². The third kappa shape index (κ3) is 6.11. The lowest BCUT2D eigenvalue weighted by molar-refractivity contribution is -0.137. The molecule has 3 heterocycles. The lowest BCUT2D eigenvalue weighted by atomic mass is 10.1. The van der Waals surface area contributed by atoms with E-state index in [0.717, 1.165) is 5.56 Å². The van der Waals surface area contributed by atoms with Gasteiger partial charge in [-0.3, -0.25) is 14.7 Å². The van der Waals surface area contributed by atoms with Gasteiger partial charge in [0.25, 0.3) is 0 Å². The maximum Gasteiger partial charge on any atom is 0.351 e. The SMILES string of the molecule is CCNC(=O)Nc1ccn([C@@H]2O[C@H](CNCC(=O)O)C3O[C@H](/C=C/c4ccccc4)OC32)c(=O)n1. The van der Waals surface area contributed by atoms with Gasteiger partial charge in [0.15, 0.2) is 12.5 Å². The van der Waals surface area contributed by atoms with Crippen molar-refractivity contribution in [2.75, 3.05) is 25.0 Å². The highest BCUT2D eigenvalue weighted by atomic mass is 16.8. The fourth-order valence-corrected chi connectivity index (χ4v) is 3.91.